The van der Waals surface area contributed by atoms with Gasteiger partial charge in [0, 0.05) is 30.4 Å². The molecule has 1 aliphatic carbocycles. The Hall–Kier alpha value is -3.50. The van der Waals surface area contributed by atoms with E-state index in [9.17, 15) is 18.3 Å². The molecule has 0 aliphatic heterocycles. The minimum Gasteiger partial charge on any atom is -0.496 e. The molecule has 0 fully saturated rings. The first-order chi connectivity index (χ1) is 21.5. The molecule has 1 aromatic heterocycles. The number of carbonyl (C=O) groups is 1. The maximum atomic E-state index is 12.8. The number of aliphatic hydroxyl groups excluding tert-OH is 1. The molecule has 1 heterocycles. The summed E-state index contributed by atoms with van der Waals surface area (Å²) in [6.45, 7) is 2.38. The molecule has 1 aliphatic rings. The van der Waals surface area contributed by atoms with Crippen molar-refractivity contribution in [2.75, 3.05) is 14.2 Å². The minimum absolute atomic E-state index is 0.0762. The Kier molecular flexibility index (Phi) is 10.1. The second kappa shape index (κ2) is 13.9. The van der Waals surface area contributed by atoms with E-state index in [-0.39, 0.29) is 27.3 Å². The van der Waals surface area contributed by atoms with E-state index in [1.54, 1.807) is 26.5 Å². The zero-order valence-corrected chi connectivity index (χ0v) is 27.6. The third kappa shape index (κ3) is 7.49. The van der Waals surface area contributed by atoms with Crippen molar-refractivity contribution in [2.45, 2.75) is 50.2 Å². The Morgan fingerprint density at radius 2 is 1.60 bits per heavy atom. The number of halogens is 2. The fraction of sp³-hybridized carbons (Fsp3) is 0.324. The van der Waals surface area contributed by atoms with Crippen molar-refractivity contribution < 1.29 is 27.8 Å². The molecule has 4 aromatic rings. The maximum Gasteiger partial charge on any atom is 0.267 e. The van der Waals surface area contributed by atoms with E-state index in [0.717, 1.165) is 24.8 Å². The van der Waals surface area contributed by atoms with Gasteiger partial charge in [0.05, 0.1) is 36.8 Å². The molecule has 1 amide bonds. The van der Waals surface area contributed by atoms with Crippen molar-refractivity contribution in [1.29, 1.82) is 0 Å². The van der Waals surface area contributed by atoms with Crippen LogP contribution in [0.25, 0.3) is 0 Å². The van der Waals surface area contributed by atoms with Gasteiger partial charge >= 0.3 is 0 Å². The van der Waals surface area contributed by atoms with Crippen molar-refractivity contribution in [1.82, 2.24) is 9.29 Å². The normalized spacial score (nSPS) is 14.5. The highest BCUT2D eigenvalue weighted by Gasteiger charge is 2.30. The maximum absolute atomic E-state index is 12.8. The Bertz CT molecular complexity index is 1740. The summed E-state index contributed by atoms with van der Waals surface area (Å²) in [7, 11) is -1.08. The summed E-state index contributed by atoms with van der Waals surface area (Å²) in [6.07, 6.45) is 5.29. The van der Waals surface area contributed by atoms with E-state index in [2.05, 4.69) is 29.0 Å². The summed E-state index contributed by atoms with van der Waals surface area (Å²) in [6, 6.07) is 18.2. The molecular weight excluding hydrogens is 635 g/mol. The second-order valence-electron chi connectivity index (χ2n) is 11.5. The number of sulfonamides is 1. The number of carbonyl (C=O) groups excluding carboxylic acids is 1. The molecule has 2 N–H and O–H groups in total. The highest BCUT2D eigenvalue weighted by atomic mass is 35.5. The number of benzene rings is 3. The van der Waals surface area contributed by atoms with Crippen LogP contribution in [0.1, 0.15) is 40.3 Å². The van der Waals surface area contributed by atoms with Gasteiger partial charge in [-0.25, -0.2) is 13.1 Å². The Morgan fingerprint density at radius 1 is 1.00 bits per heavy atom. The SMILES string of the molecule is COc1cc([C@@H](O)[C@H](CC2Cc3ccccc3C2)Cn2ccc(CC(=O)NS(=O)(=O)c3c(Cl)cccc3Cl)c2)cc(OC)c1C. The first-order valence-electron chi connectivity index (χ1n) is 14.6. The fourth-order valence-corrected chi connectivity index (χ4v) is 8.37. The van der Waals surface area contributed by atoms with E-state index in [4.69, 9.17) is 32.7 Å². The first-order valence-corrected chi connectivity index (χ1v) is 16.8. The highest BCUT2D eigenvalue weighted by Crippen LogP contribution is 2.39. The van der Waals surface area contributed by atoms with Gasteiger partial charge in [-0.3, -0.25) is 4.79 Å². The summed E-state index contributed by atoms with van der Waals surface area (Å²) in [5.74, 6) is 0.732. The van der Waals surface area contributed by atoms with E-state index in [0.29, 0.717) is 35.1 Å². The summed E-state index contributed by atoms with van der Waals surface area (Å²) in [5.41, 5.74) is 4.86. The van der Waals surface area contributed by atoms with Crippen LogP contribution in [0.3, 0.4) is 0 Å². The van der Waals surface area contributed by atoms with Gasteiger partial charge in [-0.05, 0) is 84.7 Å². The lowest BCUT2D eigenvalue weighted by Gasteiger charge is -2.27. The predicted molar refractivity (Wildman–Crippen MR) is 175 cm³/mol. The van der Waals surface area contributed by atoms with Crippen LogP contribution in [0.5, 0.6) is 11.5 Å². The lowest BCUT2D eigenvalue weighted by molar-refractivity contribution is -0.118. The van der Waals surface area contributed by atoms with Crippen LogP contribution >= 0.6 is 23.2 Å². The van der Waals surface area contributed by atoms with Crippen molar-refractivity contribution in [2.24, 2.45) is 11.8 Å². The number of amides is 1. The van der Waals surface area contributed by atoms with Crippen LogP contribution in [-0.4, -0.2) is 38.2 Å². The van der Waals surface area contributed by atoms with Gasteiger partial charge in [-0.1, -0.05) is 53.5 Å². The van der Waals surface area contributed by atoms with Crippen LogP contribution in [0.4, 0.5) is 0 Å². The van der Waals surface area contributed by atoms with Gasteiger partial charge in [-0.2, -0.15) is 0 Å². The Balaban J connectivity index is 1.34. The van der Waals surface area contributed by atoms with E-state index in [1.807, 2.05) is 29.8 Å². The molecule has 2 atom stereocenters. The third-order valence-corrected chi connectivity index (χ3v) is 10.7. The Morgan fingerprint density at radius 3 is 2.18 bits per heavy atom. The predicted octanol–water partition coefficient (Wildman–Crippen LogP) is 6.32. The number of aromatic nitrogens is 1. The number of hydrogen-bond donors (Lipinski definition) is 2. The molecule has 0 saturated carbocycles. The van der Waals surface area contributed by atoms with E-state index >= 15 is 0 Å². The van der Waals surface area contributed by atoms with Crippen molar-refractivity contribution in [3.05, 3.63) is 111 Å². The topological polar surface area (TPSA) is 107 Å². The van der Waals surface area contributed by atoms with Gasteiger partial charge in [-0.15, -0.1) is 0 Å². The van der Waals surface area contributed by atoms with Crippen LogP contribution in [0.15, 0.2) is 78.0 Å². The summed E-state index contributed by atoms with van der Waals surface area (Å²) >= 11 is 12.1. The number of ether oxygens (including phenoxy) is 2. The number of rotatable bonds is 12. The van der Waals surface area contributed by atoms with Crippen molar-refractivity contribution in [3.63, 3.8) is 0 Å². The summed E-state index contributed by atoms with van der Waals surface area (Å²) < 4.78 is 40.8. The zero-order valence-electron chi connectivity index (χ0n) is 25.3. The summed E-state index contributed by atoms with van der Waals surface area (Å²) in [5, 5.41) is 11.7. The number of nitrogens with zero attached hydrogens (tertiary/aromatic N) is 1. The number of aliphatic hydroxyl groups is 1. The number of nitrogens with one attached hydrogen (secondary N) is 1. The largest absolute Gasteiger partial charge is 0.496 e. The smallest absolute Gasteiger partial charge is 0.267 e. The quantitative estimate of drug-likeness (QED) is 0.183. The molecule has 45 heavy (non-hydrogen) atoms. The van der Waals surface area contributed by atoms with Gasteiger partial charge < -0.3 is 19.1 Å². The van der Waals surface area contributed by atoms with Crippen LogP contribution in [0, 0.1) is 18.8 Å². The number of methoxy groups -OCH3 is 2. The molecule has 0 unspecified atom stereocenters. The van der Waals surface area contributed by atoms with Gasteiger partial charge in [0.25, 0.3) is 10.0 Å². The standard InChI is InChI=1S/C34H36Cl2N2O6S/c1-21-30(43-2)17-26(18-31(21)44-3)33(40)27(15-23-13-24-7-4-5-8-25(24)14-23)20-38-12-11-22(19-38)16-32(39)37-45(41,42)34-28(35)9-6-10-29(34)36/h4-12,17-19,23,27,33,40H,13-16,20H2,1-3H3,(H,37,39)/t27-,33-/m1/s1. The molecule has 0 radical (unpaired) electrons. The number of hydrogen-bond acceptors (Lipinski definition) is 6. The molecule has 3 aromatic carbocycles. The molecule has 5 rings (SSSR count). The van der Waals surface area contributed by atoms with E-state index < -0.39 is 22.0 Å². The lowest BCUT2D eigenvalue weighted by atomic mass is 9.85. The first kappa shape index (κ1) is 32.9. The highest BCUT2D eigenvalue weighted by molar-refractivity contribution is 7.90. The fourth-order valence-electron chi connectivity index (χ4n) is 6.24. The third-order valence-electron chi connectivity index (χ3n) is 8.39. The van der Waals surface area contributed by atoms with Crippen LogP contribution < -0.4 is 14.2 Å². The van der Waals surface area contributed by atoms with Crippen LogP contribution in [0.2, 0.25) is 10.0 Å². The van der Waals surface area contributed by atoms with Crippen molar-refractivity contribution in [3.8, 4) is 11.5 Å². The minimum atomic E-state index is -4.27. The zero-order chi connectivity index (χ0) is 32.3. The average Bonchev–Trinajstić information content (AvgIpc) is 3.61. The molecule has 8 nitrogen and oxygen atoms in total. The average molecular weight is 672 g/mol. The molecule has 0 bridgehead atoms. The summed E-state index contributed by atoms with van der Waals surface area (Å²) in [4.78, 5) is 12.4. The Labute approximate surface area is 273 Å². The molecular formula is C34H36Cl2N2O6S. The van der Waals surface area contributed by atoms with E-state index in [1.165, 1.54) is 29.3 Å². The number of fused-ring (bicyclic) bond motifs is 1. The van der Waals surface area contributed by atoms with Gasteiger partial charge in [0.2, 0.25) is 5.91 Å². The van der Waals surface area contributed by atoms with Crippen molar-refractivity contribution >= 4 is 39.1 Å². The van der Waals surface area contributed by atoms with Gasteiger partial charge in [0.15, 0.2) is 0 Å². The second-order valence-corrected chi connectivity index (χ2v) is 13.9. The van der Waals surface area contributed by atoms with Gasteiger partial charge in [0.1, 0.15) is 16.4 Å². The molecule has 0 spiro atoms. The molecule has 0 saturated heterocycles. The monoisotopic (exact) mass is 670 g/mol. The molecule has 11 heteroatoms. The van der Waals surface area contributed by atoms with Crippen LogP contribution in [-0.2, 0) is 40.6 Å². The lowest BCUT2D eigenvalue weighted by Crippen LogP contribution is -2.32. The molecule has 238 valence electrons.